The number of carbonyl (C=O) groups excluding carboxylic acids is 1. The number of nitrogens with two attached hydrogens (primary N) is 1. The predicted molar refractivity (Wildman–Crippen MR) is 157 cm³/mol. The minimum Gasteiger partial charge on any atom is -0.382 e. The Morgan fingerprint density at radius 3 is 2.54 bits per heavy atom. The Balaban J connectivity index is 1.15. The number of Topliss-reactive ketones (excluding diaryl/α,β-unsaturated/α-hetero) is 1. The van der Waals surface area contributed by atoms with Crippen LogP contribution in [0.15, 0.2) is 36.9 Å². The molecule has 0 radical (unpaired) electrons. The van der Waals surface area contributed by atoms with Crippen molar-refractivity contribution >= 4 is 22.8 Å². The molecule has 2 fully saturated rings. The molecule has 2 saturated heterocycles. The van der Waals surface area contributed by atoms with Crippen molar-refractivity contribution in [3.8, 4) is 0 Å². The van der Waals surface area contributed by atoms with Gasteiger partial charge in [-0.05, 0) is 56.3 Å². The van der Waals surface area contributed by atoms with Gasteiger partial charge in [0.05, 0.1) is 6.33 Å². The smallest absolute Gasteiger partial charge is 0.167 e. The standard InChI is InChI=1S/C31H44N6O4/c1-19(14-22(38)15-20-8-10-21(11-9-20)30(2,3)4)12-13-36(7)16-23-25-26(41-31(5,6)40-25)29(39-23)37-18-35-24-27(32)33-17-34-28(24)37/h8-11,17-19,23,25-26,29H,12-16H2,1-7H3,(H2,32,33,34)/t19-,23+,25+,26+,29?/m0/s1. The molecule has 2 aromatic heterocycles. The number of ether oxygens (including phenoxy) is 3. The number of likely N-dealkylation sites (N-methyl/N-ethyl adjacent to an activating group) is 1. The Bertz CT molecular complexity index is 1370. The molecule has 1 aromatic carbocycles. The molecule has 0 bridgehead atoms. The van der Waals surface area contributed by atoms with Crippen molar-refractivity contribution in [2.24, 2.45) is 5.92 Å². The first kappa shape index (κ1) is 29.6. The Hall–Kier alpha value is -2.92. The van der Waals surface area contributed by atoms with Crippen molar-refractivity contribution in [2.45, 2.75) is 96.5 Å². The Kier molecular flexibility index (Phi) is 8.22. The number of nitrogens with zero attached hydrogens (tertiary/aromatic N) is 5. The van der Waals surface area contributed by atoms with E-state index in [1.165, 1.54) is 11.9 Å². The number of hydrogen-bond donors (Lipinski definition) is 1. The zero-order chi connectivity index (χ0) is 29.5. The molecular weight excluding hydrogens is 520 g/mol. The van der Waals surface area contributed by atoms with E-state index in [1.54, 1.807) is 6.33 Å². The molecule has 41 heavy (non-hydrogen) atoms. The molecule has 4 heterocycles. The van der Waals surface area contributed by atoms with E-state index in [1.807, 2.05) is 18.4 Å². The van der Waals surface area contributed by atoms with Crippen LogP contribution < -0.4 is 5.73 Å². The van der Waals surface area contributed by atoms with E-state index in [2.05, 4.69) is 78.9 Å². The number of benzene rings is 1. The quantitative estimate of drug-likeness (QED) is 0.385. The van der Waals surface area contributed by atoms with Crippen molar-refractivity contribution in [3.05, 3.63) is 48.0 Å². The van der Waals surface area contributed by atoms with E-state index in [0.717, 1.165) is 18.5 Å². The van der Waals surface area contributed by atoms with Crippen molar-refractivity contribution < 1.29 is 19.0 Å². The normalized spacial score (nSPS) is 24.7. The highest BCUT2D eigenvalue weighted by Crippen LogP contribution is 2.44. The van der Waals surface area contributed by atoms with Gasteiger partial charge in [0.25, 0.3) is 0 Å². The molecule has 1 unspecified atom stereocenters. The van der Waals surface area contributed by atoms with Gasteiger partial charge in [0, 0.05) is 19.4 Å². The molecule has 10 nitrogen and oxygen atoms in total. The van der Waals surface area contributed by atoms with Gasteiger partial charge in [-0.25, -0.2) is 15.0 Å². The Morgan fingerprint density at radius 2 is 1.83 bits per heavy atom. The molecule has 5 rings (SSSR count). The number of anilines is 1. The van der Waals surface area contributed by atoms with Crippen LogP contribution in [0.3, 0.4) is 0 Å². The number of fused-ring (bicyclic) bond motifs is 2. The van der Waals surface area contributed by atoms with E-state index >= 15 is 0 Å². The van der Waals surface area contributed by atoms with E-state index in [9.17, 15) is 4.79 Å². The van der Waals surface area contributed by atoms with Crippen LogP contribution in [0.1, 0.15) is 71.7 Å². The lowest BCUT2D eigenvalue weighted by Gasteiger charge is -2.27. The van der Waals surface area contributed by atoms with Gasteiger partial charge in [-0.3, -0.25) is 9.36 Å². The molecule has 222 valence electrons. The van der Waals surface area contributed by atoms with Gasteiger partial charge in [0.2, 0.25) is 0 Å². The summed E-state index contributed by atoms with van der Waals surface area (Å²) in [6, 6.07) is 8.45. The number of hydrogen-bond acceptors (Lipinski definition) is 9. The summed E-state index contributed by atoms with van der Waals surface area (Å²) in [4.78, 5) is 27.9. The molecular formula is C31H44N6O4. The third-order valence-corrected chi connectivity index (χ3v) is 8.08. The van der Waals surface area contributed by atoms with Gasteiger partial charge in [-0.1, -0.05) is 52.0 Å². The van der Waals surface area contributed by atoms with Crippen LogP contribution in [0.25, 0.3) is 11.2 Å². The van der Waals surface area contributed by atoms with Gasteiger partial charge in [0.1, 0.15) is 35.9 Å². The highest BCUT2D eigenvalue weighted by Gasteiger charge is 2.56. The summed E-state index contributed by atoms with van der Waals surface area (Å²) in [6.07, 6.45) is 3.87. The fraction of sp³-hybridized carbons (Fsp3) is 0.613. The fourth-order valence-electron chi connectivity index (χ4n) is 5.84. The molecule has 2 aliphatic rings. The first-order chi connectivity index (χ1) is 19.3. The predicted octanol–water partition coefficient (Wildman–Crippen LogP) is 4.28. The van der Waals surface area contributed by atoms with Crippen LogP contribution in [0.5, 0.6) is 0 Å². The SMILES string of the molecule is C[C@@H](CCN(C)C[C@H]1OC(n2cnc3c(N)ncnc32)[C@@H]2OC(C)(C)O[C@H]12)CC(=O)Cc1ccc(C(C)(C)C)cc1. The third-order valence-electron chi connectivity index (χ3n) is 8.08. The largest absolute Gasteiger partial charge is 0.382 e. The lowest BCUT2D eigenvalue weighted by Crippen LogP contribution is -2.39. The number of rotatable bonds is 10. The Morgan fingerprint density at radius 1 is 1.12 bits per heavy atom. The Labute approximate surface area is 242 Å². The second-order valence-corrected chi connectivity index (χ2v) is 13.2. The van der Waals surface area contributed by atoms with E-state index in [0.29, 0.717) is 36.4 Å². The van der Waals surface area contributed by atoms with Gasteiger partial charge in [-0.2, -0.15) is 0 Å². The number of ketones is 1. The lowest BCUT2D eigenvalue weighted by atomic mass is 9.86. The van der Waals surface area contributed by atoms with E-state index < -0.39 is 12.0 Å². The van der Waals surface area contributed by atoms with Gasteiger partial charge >= 0.3 is 0 Å². The van der Waals surface area contributed by atoms with Gasteiger partial charge in [0.15, 0.2) is 23.5 Å². The zero-order valence-electron chi connectivity index (χ0n) is 25.3. The number of imidazole rings is 1. The molecule has 2 N–H and O–H groups in total. The summed E-state index contributed by atoms with van der Waals surface area (Å²) in [5, 5.41) is 0. The van der Waals surface area contributed by atoms with E-state index in [4.69, 9.17) is 19.9 Å². The number of nitrogen functional groups attached to an aromatic ring is 1. The molecule has 0 spiro atoms. The fourth-order valence-corrected chi connectivity index (χ4v) is 5.84. The molecule has 0 aliphatic carbocycles. The van der Waals surface area contributed by atoms with Crippen molar-refractivity contribution in [3.63, 3.8) is 0 Å². The second-order valence-electron chi connectivity index (χ2n) is 13.2. The third kappa shape index (κ3) is 6.61. The van der Waals surface area contributed by atoms with Gasteiger partial charge < -0.3 is 24.8 Å². The molecule has 5 atom stereocenters. The second kappa shape index (κ2) is 11.4. The summed E-state index contributed by atoms with van der Waals surface area (Å²) < 4.78 is 21.0. The molecule has 0 saturated carbocycles. The lowest BCUT2D eigenvalue weighted by molar-refractivity contribution is -0.197. The summed E-state index contributed by atoms with van der Waals surface area (Å²) in [6.45, 7) is 14.1. The summed E-state index contributed by atoms with van der Waals surface area (Å²) >= 11 is 0. The maximum Gasteiger partial charge on any atom is 0.167 e. The van der Waals surface area contributed by atoms with Crippen LogP contribution in [0, 0.1) is 5.92 Å². The van der Waals surface area contributed by atoms with Crippen molar-refractivity contribution in [1.82, 2.24) is 24.4 Å². The summed E-state index contributed by atoms with van der Waals surface area (Å²) in [5.74, 6) is 0.176. The highest BCUT2D eigenvalue weighted by molar-refractivity contribution is 5.81. The van der Waals surface area contributed by atoms with Crippen LogP contribution in [0.2, 0.25) is 0 Å². The molecule has 10 heteroatoms. The molecule has 2 aliphatic heterocycles. The first-order valence-electron chi connectivity index (χ1n) is 14.5. The average Bonchev–Trinajstić information content (AvgIpc) is 3.54. The average molecular weight is 565 g/mol. The summed E-state index contributed by atoms with van der Waals surface area (Å²) in [5.41, 5.74) is 9.62. The highest BCUT2D eigenvalue weighted by atomic mass is 16.8. The monoisotopic (exact) mass is 564 g/mol. The minimum absolute atomic E-state index is 0.110. The van der Waals surface area contributed by atoms with Crippen molar-refractivity contribution in [1.29, 1.82) is 0 Å². The van der Waals surface area contributed by atoms with Crippen LogP contribution in [-0.4, -0.2) is 74.4 Å². The topological polar surface area (TPSA) is 118 Å². The first-order valence-corrected chi connectivity index (χ1v) is 14.5. The molecule has 3 aromatic rings. The molecule has 0 amide bonds. The minimum atomic E-state index is -0.722. The maximum atomic E-state index is 12.8. The summed E-state index contributed by atoms with van der Waals surface area (Å²) in [7, 11) is 2.08. The maximum absolute atomic E-state index is 12.8. The number of carbonyl (C=O) groups is 1. The van der Waals surface area contributed by atoms with E-state index in [-0.39, 0.29) is 35.4 Å². The van der Waals surface area contributed by atoms with Crippen molar-refractivity contribution in [2.75, 3.05) is 25.9 Å². The number of aromatic nitrogens is 4. The van der Waals surface area contributed by atoms with Gasteiger partial charge in [-0.15, -0.1) is 0 Å². The zero-order valence-corrected chi connectivity index (χ0v) is 25.3. The van der Waals surface area contributed by atoms with Crippen LogP contribution in [-0.2, 0) is 30.8 Å². The van der Waals surface area contributed by atoms with Crippen LogP contribution in [0.4, 0.5) is 5.82 Å². The van der Waals surface area contributed by atoms with Crippen LogP contribution >= 0.6 is 0 Å².